The Morgan fingerprint density at radius 1 is 1.14 bits per heavy atom. The zero-order chi connectivity index (χ0) is 15.4. The second-order valence-corrected chi connectivity index (χ2v) is 5.74. The molecule has 0 aromatic heterocycles. The third-order valence-corrected chi connectivity index (χ3v) is 3.86. The van der Waals surface area contributed by atoms with Crippen molar-refractivity contribution in [2.24, 2.45) is 4.99 Å². The van der Waals surface area contributed by atoms with Crippen molar-refractivity contribution in [2.45, 2.75) is 19.4 Å². The quantitative estimate of drug-likeness (QED) is 0.793. The molecular weight excluding hydrogens is 298 g/mol. The molecule has 114 valence electrons. The van der Waals surface area contributed by atoms with E-state index in [1.54, 1.807) is 0 Å². The number of hydrogen-bond donors (Lipinski definition) is 0. The van der Waals surface area contributed by atoms with Crippen LogP contribution in [0.4, 0.5) is 0 Å². The number of ether oxygens (including phenoxy) is 2. The largest absolute Gasteiger partial charge is 0.486 e. The maximum atomic E-state index is 6.13. The summed E-state index contributed by atoms with van der Waals surface area (Å²) in [5.41, 5.74) is 2.13. The Balaban J connectivity index is 1.67. The smallest absolute Gasteiger partial charge is 0.161 e. The van der Waals surface area contributed by atoms with Gasteiger partial charge in [0.1, 0.15) is 13.2 Å². The van der Waals surface area contributed by atoms with Gasteiger partial charge in [0.15, 0.2) is 11.5 Å². The van der Waals surface area contributed by atoms with E-state index in [0.717, 1.165) is 28.5 Å². The van der Waals surface area contributed by atoms with Gasteiger partial charge in [-0.15, -0.1) is 0 Å². The van der Waals surface area contributed by atoms with Crippen LogP contribution in [0.25, 0.3) is 0 Å². The van der Waals surface area contributed by atoms with Crippen molar-refractivity contribution in [1.82, 2.24) is 0 Å². The summed E-state index contributed by atoms with van der Waals surface area (Å²) in [7, 11) is 0. The molecule has 0 saturated carbocycles. The molecule has 1 heterocycles. The average molecular weight is 316 g/mol. The van der Waals surface area contributed by atoms with E-state index in [9.17, 15) is 0 Å². The molecule has 2 aromatic carbocycles. The predicted molar refractivity (Wildman–Crippen MR) is 89.6 cm³/mol. The molecule has 0 bridgehead atoms. The van der Waals surface area contributed by atoms with E-state index in [-0.39, 0.29) is 6.04 Å². The van der Waals surface area contributed by atoms with Crippen molar-refractivity contribution in [2.75, 3.05) is 13.2 Å². The summed E-state index contributed by atoms with van der Waals surface area (Å²) in [5.74, 6) is 1.65. The average Bonchev–Trinajstić information content (AvgIpc) is 2.54. The van der Waals surface area contributed by atoms with Crippen LogP contribution >= 0.6 is 11.6 Å². The van der Waals surface area contributed by atoms with Gasteiger partial charge in [0, 0.05) is 16.8 Å². The van der Waals surface area contributed by atoms with Crippen LogP contribution in [0, 0.1) is 0 Å². The summed E-state index contributed by atoms with van der Waals surface area (Å²) in [4.78, 5) is 4.58. The molecule has 1 aliphatic rings. The third-order valence-electron chi connectivity index (χ3n) is 3.51. The second kappa shape index (κ2) is 6.84. The first-order valence-electron chi connectivity index (χ1n) is 7.38. The van der Waals surface area contributed by atoms with Crippen LogP contribution in [-0.2, 0) is 6.42 Å². The van der Waals surface area contributed by atoms with Gasteiger partial charge in [-0.2, -0.15) is 0 Å². The molecule has 22 heavy (non-hydrogen) atoms. The number of aliphatic imine (C=N–C) groups is 1. The first-order chi connectivity index (χ1) is 10.7. The van der Waals surface area contributed by atoms with Gasteiger partial charge in [-0.05, 0) is 37.1 Å². The Labute approximate surface area is 135 Å². The van der Waals surface area contributed by atoms with Crippen LogP contribution in [-0.4, -0.2) is 25.5 Å². The van der Waals surface area contributed by atoms with Crippen molar-refractivity contribution in [3.63, 3.8) is 0 Å². The third kappa shape index (κ3) is 3.60. The first-order valence-corrected chi connectivity index (χ1v) is 7.76. The number of nitrogens with zero attached hydrogens (tertiary/aromatic N) is 1. The summed E-state index contributed by atoms with van der Waals surface area (Å²) >= 11 is 6.13. The Morgan fingerprint density at radius 2 is 1.91 bits per heavy atom. The SMILES string of the molecule is C[C@@H](Cc1ccc2c(c1)OCCO2)N=Cc1ccccc1Cl. The fourth-order valence-corrected chi connectivity index (χ4v) is 2.58. The van der Waals surface area contributed by atoms with Crippen LogP contribution in [0.3, 0.4) is 0 Å². The lowest BCUT2D eigenvalue weighted by molar-refractivity contribution is 0.171. The van der Waals surface area contributed by atoms with E-state index in [1.807, 2.05) is 42.6 Å². The summed E-state index contributed by atoms with van der Waals surface area (Å²) in [6.07, 6.45) is 2.68. The van der Waals surface area contributed by atoms with E-state index in [0.29, 0.717) is 13.2 Å². The number of rotatable bonds is 4. The topological polar surface area (TPSA) is 30.8 Å². The number of hydrogen-bond acceptors (Lipinski definition) is 3. The van der Waals surface area contributed by atoms with Crippen molar-refractivity contribution in [3.8, 4) is 11.5 Å². The van der Waals surface area contributed by atoms with Gasteiger partial charge in [0.25, 0.3) is 0 Å². The van der Waals surface area contributed by atoms with Gasteiger partial charge < -0.3 is 9.47 Å². The van der Waals surface area contributed by atoms with Crippen molar-refractivity contribution >= 4 is 17.8 Å². The molecule has 0 unspecified atom stereocenters. The van der Waals surface area contributed by atoms with Crippen LogP contribution in [0.5, 0.6) is 11.5 Å². The molecule has 0 saturated heterocycles. The van der Waals surface area contributed by atoms with Crippen molar-refractivity contribution in [3.05, 3.63) is 58.6 Å². The fourth-order valence-electron chi connectivity index (χ4n) is 2.40. The molecule has 0 amide bonds. The number of halogens is 1. The van der Waals surface area contributed by atoms with Gasteiger partial charge in [-0.25, -0.2) is 0 Å². The standard InChI is InChI=1S/C18H18ClNO2/c1-13(20-12-15-4-2-3-5-16(15)19)10-14-6-7-17-18(11-14)22-9-8-21-17/h2-7,11-13H,8-10H2,1H3/t13-/m0/s1. The molecular formula is C18H18ClNO2. The second-order valence-electron chi connectivity index (χ2n) is 5.33. The molecule has 3 rings (SSSR count). The molecule has 0 aliphatic carbocycles. The van der Waals surface area contributed by atoms with Crippen LogP contribution in [0.1, 0.15) is 18.1 Å². The molecule has 2 aromatic rings. The maximum Gasteiger partial charge on any atom is 0.161 e. The molecule has 0 fully saturated rings. The zero-order valence-corrected chi connectivity index (χ0v) is 13.2. The highest BCUT2D eigenvalue weighted by molar-refractivity contribution is 6.33. The molecule has 0 radical (unpaired) electrons. The monoisotopic (exact) mass is 315 g/mol. The Hall–Kier alpha value is -2.00. The zero-order valence-electron chi connectivity index (χ0n) is 12.5. The van der Waals surface area contributed by atoms with Crippen LogP contribution < -0.4 is 9.47 Å². The minimum Gasteiger partial charge on any atom is -0.486 e. The van der Waals surface area contributed by atoms with E-state index in [1.165, 1.54) is 5.56 Å². The number of fused-ring (bicyclic) bond motifs is 1. The summed E-state index contributed by atoms with van der Waals surface area (Å²) < 4.78 is 11.1. The van der Waals surface area contributed by atoms with E-state index < -0.39 is 0 Å². The lowest BCUT2D eigenvalue weighted by atomic mass is 10.1. The van der Waals surface area contributed by atoms with E-state index in [2.05, 4.69) is 18.0 Å². The van der Waals surface area contributed by atoms with E-state index >= 15 is 0 Å². The molecule has 0 spiro atoms. The Bertz CT molecular complexity index is 685. The lowest BCUT2D eigenvalue weighted by Crippen LogP contribution is -2.15. The molecule has 1 aliphatic heterocycles. The van der Waals surface area contributed by atoms with E-state index in [4.69, 9.17) is 21.1 Å². The summed E-state index contributed by atoms with van der Waals surface area (Å²) in [5, 5.41) is 0.720. The number of benzene rings is 2. The Morgan fingerprint density at radius 3 is 2.73 bits per heavy atom. The lowest BCUT2D eigenvalue weighted by Gasteiger charge is -2.19. The normalized spacial score (nSPS) is 15.0. The fraction of sp³-hybridized carbons (Fsp3) is 0.278. The van der Waals surface area contributed by atoms with Gasteiger partial charge >= 0.3 is 0 Å². The maximum absolute atomic E-state index is 6.13. The predicted octanol–water partition coefficient (Wildman–Crippen LogP) is 4.16. The molecule has 4 heteroatoms. The Kier molecular flexibility index (Phi) is 4.64. The van der Waals surface area contributed by atoms with Crippen molar-refractivity contribution in [1.29, 1.82) is 0 Å². The van der Waals surface area contributed by atoms with Gasteiger partial charge in [-0.3, -0.25) is 4.99 Å². The van der Waals surface area contributed by atoms with Crippen LogP contribution in [0.15, 0.2) is 47.5 Å². The first kappa shape index (κ1) is 14.9. The van der Waals surface area contributed by atoms with Gasteiger partial charge in [0.05, 0.1) is 6.04 Å². The summed E-state index contributed by atoms with van der Waals surface area (Å²) in [6, 6.07) is 13.9. The highest BCUT2D eigenvalue weighted by atomic mass is 35.5. The van der Waals surface area contributed by atoms with Gasteiger partial charge in [-0.1, -0.05) is 35.9 Å². The highest BCUT2D eigenvalue weighted by Gasteiger charge is 2.12. The minimum atomic E-state index is 0.166. The van der Waals surface area contributed by atoms with Crippen LogP contribution in [0.2, 0.25) is 5.02 Å². The minimum absolute atomic E-state index is 0.166. The molecule has 3 nitrogen and oxygen atoms in total. The van der Waals surface area contributed by atoms with Gasteiger partial charge in [0.2, 0.25) is 0 Å². The molecule has 0 N–H and O–H groups in total. The summed E-state index contributed by atoms with van der Waals surface area (Å²) in [6.45, 7) is 3.31. The molecule has 1 atom stereocenters. The van der Waals surface area contributed by atoms with Crippen molar-refractivity contribution < 1.29 is 9.47 Å². The highest BCUT2D eigenvalue weighted by Crippen LogP contribution is 2.31.